The summed E-state index contributed by atoms with van der Waals surface area (Å²) in [4.78, 5) is 2.93. The summed E-state index contributed by atoms with van der Waals surface area (Å²) in [5, 5.41) is 4.47. The molecule has 2 aromatic heterocycles. The Labute approximate surface area is 109 Å². The second kappa shape index (κ2) is 4.52. The Bertz CT molecular complexity index is 449. The Kier molecular flexibility index (Phi) is 3.05. The monoisotopic (exact) mass is 268 g/mol. The van der Waals surface area contributed by atoms with Crippen LogP contribution < -0.4 is 0 Å². The fraction of sp³-hybridized carbons (Fsp3) is 0.385. The van der Waals surface area contributed by atoms with Gasteiger partial charge in [0.25, 0.3) is 0 Å². The standard InChI is InChI=1S/C13H13ClS2/c14-11(6-9-4-5-15-8-9)13-7-10-2-1-3-12(10)16-13/h4-5,7-8,11H,1-3,6H2. The minimum absolute atomic E-state index is 0.158. The van der Waals surface area contributed by atoms with Gasteiger partial charge in [-0.05, 0) is 59.7 Å². The zero-order valence-corrected chi connectivity index (χ0v) is 11.3. The fourth-order valence-electron chi connectivity index (χ4n) is 2.22. The van der Waals surface area contributed by atoms with E-state index in [2.05, 4.69) is 22.9 Å². The van der Waals surface area contributed by atoms with Gasteiger partial charge in [-0.25, -0.2) is 0 Å². The molecule has 0 spiro atoms. The summed E-state index contributed by atoms with van der Waals surface area (Å²) < 4.78 is 0. The topological polar surface area (TPSA) is 0 Å². The third-order valence-corrected chi connectivity index (χ3v) is 5.67. The van der Waals surface area contributed by atoms with E-state index in [0.29, 0.717) is 0 Å². The number of alkyl halides is 1. The Balaban J connectivity index is 1.76. The molecule has 0 bridgehead atoms. The van der Waals surface area contributed by atoms with Crippen LogP contribution in [0.25, 0.3) is 0 Å². The van der Waals surface area contributed by atoms with E-state index in [1.54, 1.807) is 21.8 Å². The molecule has 0 amide bonds. The second-order valence-electron chi connectivity index (χ2n) is 4.25. The van der Waals surface area contributed by atoms with Gasteiger partial charge in [0.1, 0.15) is 0 Å². The van der Waals surface area contributed by atoms with Gasteiger partial charge in [0.2, 0.25) is 0 Å². The van der Waals surface area contributed by atoms with Crippen LogP contribution >= 0.6 is 34.3 Å². The zero-order chi connectivity index (χ0) is 11.0. The minimum atomic E-state index is 0.158. The predicted molar refractivity (Wildman–Crippen MR) is 73.0 cm³/mol. The van der Waals surface area contributed by atoms with Crippen molar-refractivity contribution in [3.63, 3.8) is 0 Å². The van der Waals surface area contributed by atoms with Gasteiger partial charge in [-0.15, -0.1) is 22.9 Å². The molecule has 0 aliphatic heterocycles. The predicted octanol–water partition coefficient (Wildman–Crippen LogP) is 4.82. The van der Waals surface area contributed by atoms with Gasteiger partial charge in [0.05, 0.1) is 5.38 Å². The largest absolute Gasteiger partial charge is 0.152 e. The van der Waals surface area contributed by atoms with Crippen LogP contribution in [0.1, 0.15) is 32.7 Å². The Morgan fingerprint density at radius 3 is 3.06 bits per heavy atom. The summed E-state index contributed by atoms with van der Waals surface area (Å²) in [5.41, 5.74) is 2.91. The molecule has 84 valence electrons. The van der Waals surface area contributed by atoms with Crippen molar-refractivity contribution in [2.45, 2.75) is 31.1 Å². The number of hydrogen-bond donors (Lipinski definition) is 0. The molecule has 0 radical (unpaired) electrons. The molecule has 0 saturated carbocycles. The van der Waals surface area contributed by atoms with Gasteiger partial charge in [-0.2, -0.15) is 11.3 Å². The molecule has 3 rings (SSSR count). The van der Waals surface area contributed by atoms with Crippen LogP contribution in [0, 0.1) is 0 Å². The number of fused-ring (bicyclic) bond motifs is 1. The Hall–Kier alpha value is -0.310. The highest BCUT2D eigenvalue weighted by atomic mass is 35.5. The van der Waals surface area contributed by atoms with E-state index < -0.39 is 0 Å². The molecule has 2 heterocycles. The molecule has 3 heteroatoms. The molecular weight excluding hydrogens is 256 g/mol. The molecule has 16 heavy (non-hydrogen) atoms. The van der Waals surface area contributed by atoms with E-state index in [0.717, 1.165) is 6.42 Å². The summed E-state index contributed by atoms with van der Waals surface area (Å²) in [6, 6.07) is 4.50. The van der Waals surface area contributed by atoms with Gasteiger partial charge in [-0.1, -0.05) is 0 Å². The van der Waals surface area contributed by atoms with Crippen LogP contribution in [0.4, 0.5) is 0 Å². The molecule has 0 N–H and O–H groups in total. The molecule has 0 saturated heterocycles. The van der Waals surface area contributed by atoms with Crippen molar-refractivity contribution in [1.82, 2.24) is 0 Å². The SMILES string of the molecule is ClC(Cc1ccsc1)c1cc2c(s1)CCC2. The first-order chi connectivity index (χ1) is 7.83. The number of aryl methyl sites for hydroxylation is 2. The van der Waals surface area contributed by atoms with E-state index in [1.165, 1.54) is 29.7 Å². The van der Waals surface area contributed by atoms with Crippen molar-refractivity contribution in [2.75, 3.05) is 0 Å². The van der Waals surface area contributed by atoms with Crippen LogP contribution in [-0.2, 0) is 19.3 Å². The average molecular weight is 269 g/mol. The van der Waals surface area contributed by atoms with Crippen LogP contribution in [0.5, 0.6) is 0 Å². The van der Waals surface area contributed by atoms with Gasteiger partial charge in [0.15, 0.2) is 0 Å². The number of hydrogen-bond acceptors (Lipinski definition) is 2. The normalized spacial score (nSPS) is 16.3. The molecular formula is C13H13ClS2. The van der Waals surface area contributed by atoms with Crippen molar-refractivity contribution in [3.8, 4) is 0 Å². The van der Waals surface area contributed by atoms with E-state index in [9.17, 15) is 0 Å². The van der Waals surface area contributed by atoms with Gasteiger partial charge in [-0.3, -0.25) is 0 Å². The maximum Gasteiger partial charge on any atom is 0.0719 e. The third-order valence-electron chi connectivity index (χ3n) is 3.07. The lowest BCUT2D eigenvalue weighted by atomic mass is 10.1. The van der Waals surface area contributed by atoms with E-state index >= 15 is 0 Å². The van der Waals surface area contributed by atoms with Crippen molar-refractivity contribution in [2.24, 2.45) is 0 Å². The lowest BCUT2D eigenvalue weighted by Crippen LogP contribution is -1.91. The van der Waals surface area contributed by atoms with Crippen LogP contribution in [0.15, 0.2) is 22.9 Å². The Morgan fingerprint density at radius 1 is 1.38 bits per heavy atom. The molecule has 0 nitrogen and oxygen atoms in total. The first-order valence-electron chi connectivity index (χ1n) is 5.59. The van der Waals surface area contributed by atoms with Gasteiger partial charge >= 0.3 is 0 Å². The van der Waals surface area contributed by atoms with Crippen LogP contribution in [-0.4, -0.2) is 0 Å². The summed E-state index contributed by atoms with van der Waals surface area (Å²) in [6.45, 7) is 0. The molecule has 1 aliphatic carbocycles. The summed E-state index contributed by atoms with van der Waals surface area (Å²) in [7, 11) is 0. The molecule has 2 aromatic rings. The number of rotatable bonds is 3. The smallest absolute Gasteiger partial charge is 0.0719 e. The number of thiophene rings is 2. The summed E-state index contributed by atoms with van der Waals surface area (Å²) in [5.74, 6) is 0. The average Bonchev–Trinajstić information content (AvgIpc) is 2.91. The third kappa shape index (κ3) is 2.06. The second-order valence-corrected chi connectivity index (χ2v) is 6.73. The lowest BCUT2D eigenvalue weighted by Gasteiger charge is -2.05. The molecule has 0 aromatic carbocycles. The fourth-order valence-corrected chi connectivity index (χ4v) is 4.51. The van der Waals surface area contributed by atoms with Crippen molar-refractivity contribution in [3.05, 3.63) is 43.8 Å². The number of halogens is 1. The zero-order valence-electron chi connectivity index (χ0n) is 8.91. The maximum absolute atomic E-state index is 6.48. The van der Waals surface area contributed by atoms with Gasteiger partial charge in [0, 0.05) is 9.75 Å². The van der Waals surface area contributed by atoms with Crippen LogP contribution in [0.3, 0.4) is 0 Å². The van der Waals surface area contributed by atoms with Gasteiger partial charge < -0.3 is 0 Å². The maximum atomic E-state index is 6.48. The first kappa shape index (κ1) is 10.8. The van der Waals surface area contributed by atoms with E-state index in [4.69, 9.17) is 11.6 Å². The molecule has 1 atom stereocenters. The highest BCUT2D eigenvalue weighted by Crippen LogP contribution is 2.37. The van der Waals surface area contributed by atoms with E-state index in [1.807, 2.05) is 11.3 Å². The van der Waals surface area contributed by atoms with Crippen molar-refractivity contribution in [1.29, 1.82) is 0 Å². The lowest BCUT2D eigenvalue weighted by molar-refractivity contribution is 0.906. The highest BCUT2D eigenvalue weighted by molar-refractivity contribution is 7.12. The Morgan fingerprint density at radius 2 is 2.31 bits per heavy atom. The first-order valence-corrected chi connectivity index (χ1v) is 7.79. The molecule has 0 fully saturated rings. The molecule has 1 unspecified atom stereocenters. The van der Waals surface area contributed by atoms with Crippen LogP contribution in [0.2, 0.25) is 0 Å². The van der Waals surface area contributed by atoms with E-state index in [-0.39, 0.29) is 5.38 Å². The summed E-state index contributed by atoms with van der Waals surface area (Å²) >= 11 is 10.1. The minimum Gasteiger partial charge on any atom is -0.152 e. The quantitative estimate of drug-likeness (QED) is 0.700. The summed E-state index contributed by atoms with van der Waals surface area (Å²) in [6.07, 6.45) is 4.82. The molecule has 1 aliphatic rings. The van der Waals surface area contributed by atoms with Crippen molar-refractivity contribution >= 4 is 34.3 Å². The highest BCUT2D eigenvalue weighted by Gasteiger charge is 2.19. The van der Waals surface area contributed by atoms with Crippen molar-refractivity contribution < 1.29 is 0 Å².